The number of alkyl halides is 3. The van der Waals surface area contributed by atoms with E-state index in [1.165, 1.54) is 12.1 Å². The second-order valence-corrected chi connectivity index (χ2v) is 10.1. The Hall–Kier alpha value is -2.01. The van der Waals surface area contributed by atoms with Crippen molar-refractivity contribution in [2.75, 3.05) is 19.6 Å². The third-order valence-corrected chi connectivity index (χ3v) is 6.19. The van der Waals surface area contributed by atoms with E-state index in [0.717, 1.165) is 11.1 Å². The number of carbonyl (C=O) groups excluding carboxylic acids is 1. The van der Waals surface area contributed by atoms with E-state index >= 15 is 0 Å². The average Bonchev–Trinajstić information content (AvgIpc) is 2.59. The summed E-state index contributed by atoms with van der Waals surface area (Å²) in [7, 11) is -5.72. The van der Waals surface area contributed by atoms with Crippen molar-refractivity contribution in [2.24, 2.45) is 0 Å². The highest BCUT2D eigenvalue weighted by molar-refractivity contribution is 7.88. The van der Waals surface area contributed by atoms with Crippen LogP contribution < -0.4 is 9.50 Å². The fraction of sp³-hybridized carbons (Fsp3) is 0.632. The molecular formula is C19H25F3N2O5S. The molecule has 2 heterocycles. The molecule has 1 fully saturated rings. The highest BCUT2D eigenvalue weighted by atomic mass is 32.2. The summed E-state index contributed by atoms with van der Waals surface area (Å²) in [6.45, 7) is 6.90. The van der Waals surface area contributed by atoms with Crippen molar-refractivity contribution in [2.45, 2.75) is 56.7 Å². The van der Waals surface area contributed by atoms with Gasteiger partial charge in [-0.25, -0.2) is 4.79 Å². The Morgan fingerprint density at radius 2 is 1.80 bits per heavy atom. The van der Waals surface area contributed by atoms with E-state index < -0.39 is 26.8 Å². The normalized spacial score (nSPS) is 19.3. The summed E-state index contributed by atoms with van der Waals surface area (Å²) >= 11 is 0. The van der Waals surface area contributed by atoms with E-state index in [4.69, 9.17) is 4.74 Å². The Bertz CT molecular complexity index is 917. The molecule has 2 aliphatic rings. The number of amides is 1. The van der Waals surface area contributed by atoms with Crippen LogP contribution in [0.25, 0.3) is 0 Å². The first-order valence-electron chi connectivity index (χ1n) is 9.60. The van der Waals surface area contributed by atoms with E-state index in [0.29, 0.717) is 38.9 Å². The van der Waals surface area contributed by atoms with E-state index in [-0.39, 0.29) is 11.8 Å². The molecule has 1 aromatic rings. The number of halogens is 3. The van der Waals surface area contributed by atoms with E-state index in [9.17, 15) is 26.4 Å². The molecule has 0 bridgehead atoms. The van der Waals surface area contributed by atoms with Crippen molar-refractivity contribution >= 4 is 16.2 Å². The van der Waals surface area contributed by atoms with Crippen LogP contribution in [0, 0.1) is 0 Å². The van der Waals surface area contributed by atoms with Crippen LogP contribution in [-0.4, -0.2) is 50.2 Å². The zero-order valence-electron chi connectivity index (χ0n) is 17.0. The molecule has 0 atom stereocenters. The second kappa shape index (κ2) is 7.60. The van der Waals surface area contributed by atoms with Gasteiger partial charge in [-0.05, 0) is 63.3 Å². The molecule has 168 valence electrons. The first-order chi connectivity index (χ1) is 13.7. The SMILES string of the molecule is CC(C)(C)OC(=O)N1CCC2(CC1)NCCc1cc(OS(=O)(=O)C(F)(F)F)ccc12. The Morgan fingerprint density at radius 3 is 2.37 bits per heavy atom. The lowest BCUT2D eigenvalue weighted by Crippen LogP contribution is -2.55. The van der Waals surface area contributed by atoms with Gasteiger partial charge in [-0.3, -0.25) is 0 Å². The number of nitrogens with zero attached hydrogens (tertiary/aromatic N) is 1. The molecular weight excluding hydrogens is 425 g/mol. The van der Waals surface area contributed by atoms with Gasteiger partial charge in [0, 0.05) is 25.2 Å². The molecule has 1 spiro atoms. The molecule has 1 saturated heterocycles. The Kier molecular flexibility index (Phi) is 5.74. The highest BCUT2D eigenvalue weighted by Crippen LogP contribution is 2.39. The van der Waals surface area contributed by atoms with E-state index in [1.54, 1.807) is 31.7 Å². The molecule has 30 heavy (non-hydrogen) atoms. The van der Waals surface area contributed by atoms with Gasteiger partial charge in [0.25, 0.3) is 0 Å². The summed E-state index contributed by atoms with van der Waals surface area (Å²) in [5.41, 5.74) is -4.90. The van der Waals surface area contributed by atoms with Crippen LogP contribution in [0.2, 0.25) is 0 Å². The van der Waals surface area contributed by atoms with Crippen molar-refractivity contribution in [3.8, 4) is 5.75 Å². The maximum atomic E-state index is 12.6. The summed E-state index contributed by atoms with van der Waals surface area (Å²) in [5, 5.41) is 3.47. The summed E-state index contributed by atoms with van der Waals surface area (Å²) < 4.78 is 70.0. The average molecular weight is 450 g/mol. The largest absolute Gasteiger partial charge is 0.534 e. The van der Waals surface area contributed by atoms with Gasteiger partial charge >= 0.3 is 21.7 Å². The number of piperidine rings is 1. The van der Waals surface area contributed by atoms with Crippen LogP contribution in [0.3, 0.4) is 0 Å². The van der Waals surface area contributed by atoms with Crippen LogP contribution in [0.5, 0.6) is 5.75 Å². The number of hydrogen-bond donors (Lipinski definition) is 1. The van der Waals surface area contributed by atoms with Gasteiger partial charge in [-0.15, -0.1) is 0 Å². The van der Waals surface area contributed by atoms with Crippen molar-refractivity contribution in [1.29, 1.82) is 0 Å². The maximum Gasteiger partial charge on any atom is 0.534 e. The highest BCUT2D eigenvalue weighted by Gasteiger charge is 2.49. The molecule has 1 amide bonds. The second-order valence-electron chi connectivity index (χ2n) is 8.53. The minimum absolute atomic E-state index is 0.366. The Balaban J connectivity index is 1.76. The molecule has 0 aliphatic carbocycles. The van der Waals surface area contributed by atoms with Crippen LogP contribution in [0.1, 0.15) is 44.7 Å². The van der Waals surface area contributed by atoms with Gasteiger partial charge in [-0.1, -0.05) is 6.07 Å². The van der Waals surface area contributed by atoms with Gasteiger partial charge in [0.15, 0.2) is 0 Å². The summed E-state index contributed by atoms with van der Waals surface area (Å²) in [4.78, 5) is 13.9. The number of carbonyl (C=O) groups is 1. The Labute approximate surface area is 173 Å². The fourth-order valence-electron chi connectivity index (χ4n) is 3.84. The lowest BCUT2D eigenvalue weighted by molar-refractivity contribution is -0.0500. The first-order valence-corrected chi connectivity index (χ1v) is 11.0. The van der Waals surface area contributed by atoms with Crippen molar-refractivity contribution in [3.63, 3.8) is 0 Å². The summed E-state index contributed by atoms with van der Waals surface area (Å²) in [6, 6.07) is 4.18. The van der Waals surface area contributed by atoms with Crippen LogP contribution in [0.15, 0.2) is 18.2 Å². The van der Waals surface area contributed by atoms with Crippen LogP contribution >= 0.6 is 0 Å². The van der Waals surface area contributed by atoms with Gasteiger partial charge in [0.05, 0.1) is 0 Å². The minimum atomic E-state index is -5.72. The monoisotopic (exact) mass is 450 g/mol. The molecule has 0 aromatic heterocycles. The lowest BCUT2D eigenvalue weighted by atomic mass is 9.76. The predicted molar refractivity (Wildman–Crippen MR) is 102 cm³/mol. The van der Waals surface area contributed by atoms with Gasteiger partial charge in [0.1, 0.15) is 11.4 Å². The van der Waals surface area contributed by atoms with Crippen LogP contribution in [-0.2, 0) is 26.8 Å². The lowest BCUT2D eigenvalue weighted by Gasteiger charge is -2.46. The van der Waals surface area contributed by atoms with Gasteiger partial charge in [-0.2, -0.15) is 21.6 Å². The Morgan fingerprint density at radius 1 is 1.17 bits per heavy atom. The van der Waals surface area contributed by atoms with E-state index in [2.05, 4.69) is 9.50 Å². The molecule has 1 aromatic carbocycles. The topological polar surface area (TPSA) is 84.9 Å². The zero-order chi connectivity index (χ0) is 22.4. The third-order valence-electron chi connectivity index (χ3n) is 5.21. The smallest absolute Gasteiger partial charge is 0.444 e. The predicted octanol–water partition coefficient (Wildman–Crippen LogP) is 3.29. The number of ether oxygens (including phenoxy) is 1. The molecule has 1 N–H and O–H groups in total. The third kappa shape index (κ3) is 4.66. The molecule has 0 saturated carbocycles. The van der Waals surface area contributed by atoms with E-state index in [1.807, 2.05) is 0 Å². The standard InChI is InChI=1S/C19H25F3N2O5S/c1-17(2,3)28-16(25)24-10-7-18(8-11-24)15-5-4-14(12-13(15)6-9-23-18)29-30(26,27)19(20,21)22/h4-5,12,23H,6-11H2,1-3H3. The number of benzene rings is 1. The zero-order valence-corrected chi connectivity index (χ0v) is 17.8. The van der Waals surface area contributed by atoms with Gasteiger partial charge < -0.3 is 19.1 Å². The van der Waals surface area contributed by atoms with Crippen molar-refractivity contribution in [1.82, 2.24) is 10.2 Å². The molecule has 7 nitrogen and oxygen atoms in total. The van der Waals surface area contributed by atoms with Gasteiger partial charge in [0.2, 0.25) is 0 Å². The number of likely N-dealkylation sites (tertiary alicyclic amines) is 1. The fourth-order valence-corrected chi connectivity index (χ4v) is 4.30. The maximum absolute atomic E-state index is 12.6. The quantitative estimate of drug-likeness (QED) is 0.550. The minimum Gasteiger partial charge on any atom is -0.444 e. The van der Waals surface area contributed by atoms with Crippen molar-refractivity contribution in [3.05, 3.63) is 29.3 Å². The number of fused-ring (bicyclic) bond motifs is 2. The molecule has 11 heteroatoms. The number of hydrogen-bond acceptors (Lipinski definition) is 6. The molecule has 0 unspecified atom stereocenters. The molecule has 2 aliphatic heterocycles. The van der Waals surface area contributed by atoms with Crippen molar-refractivity contribution < 1.29 is 35.3 Å². The molecule has 0 radical (unpaired) electrons. The molecule has 3 rings (SSSR count). The van der Waals surface area contributed by atoms with Crippen LogP contribution in [0.4, 0.5) is 18.0 Å². The summed E-state index contributed by atoms with van der Waals surface area (Å²) in [5.74, 6) is -0.366. The number of rotatable bonds is 2. The number of nitrogens with one attached hydrogen (secondary N) is 1. The summed E-state index contributed by atoms with van der Waals surface area (Å²) in [6.07, 6.45) is 1.34. The first kappa shape index (κ1) is 22.7.